The van der Waals surface area contributed by atoms with Crippen molar-refractivity contribution in [1.82, 2.24) is 10.2 Å². The molecule has 0 radical (unpaired) electrons. The summed E-state index contributed by atoms with van der Waals surface area (Å²) in [6.07, 6.45) is 6.64. The summed E-state index contributed by atoms with van der Waals surface area (Å²) in [5.41, 5.74) is 1.24. The standard InChI is InChI=1S/C20H32N2O3.2ClH/c1-23-17-10-9-16(19(24-2)20(17)25-3)18(15-7-5-4-6-8-15)22-13-11-21-12-14-22;;/h9-10,15,18,21H,4-8,11-14H2,1-3H3;2*1H/t18-;;/m1../s1. The van der Waals surface area contributed by atoms with E-state index >= 15 is 0 Å². The molecule has 1 saturated carbocycles. The molecule has 3 rings (SSSR count). The number of hydrogen-bond acceptors (Lipinski definition) is 5. The van der Waals surface area contributed by atoms with E-state index in [-0.39, 0.29) is 24.8 Å². The van der Waals surface area contributed by atoms with E-state index in [2.05, 4.69) is 16.3 Å². The van der Waals surface area contributed by atoms with Gasteiger partial charge in [-0.05, 0) is 30.9 Å². The van der Waals surface area contributed by atoms with Gasteiger partial charge >= 0.3 is 0 Å². The summed E-state index contributed by atoms with van der Waals surface area (Å²) in [6, 6.07) is 4.59. The molecule has 5 nitrogen and oxygen atoms in total. The van der Waals surface area contributed by atoms with E-state index in [1.165, 1.54) is 37.7 Å². The van der Waals surface area contributed by atoms with E-state index in [1.54, 1.807) is 21.3 Å². The van der Waals surface area contributed by atoms with Crippen LogP contribution in [0.3, 0.4) is 0 Å². The molecule has 2 aliphatic rings. The lowest BCUT2D eigenvalue weighted by Crippen LogP contribution is -2.47. The third-order valence-electron chi connectivity index (χ3n) is 5.69. The molecule has 156 valence electrons. The van der Waals surface area contributed by atoms with Gasteiger partial charge in [0.15, 0.2) is 11.5 Å². The molecule has 0 amide bonds. The Morgan fingerprint density at radius 3 is 2.07 bits per heavy atom. The fourth-order valence-electron chi connectivity index (χ4n) is 4.52. The van der Waals surface area contributed by atoms with E-state index in [9.17, 15) is 0 Å². The van der Waals surface area contributed by atoms with Gasteiger partial charge in [0.25, 0.3) is 0 Å². The van der Waals surface area contributed by atoms with Crippen LogP contribution in [0.25, 0.3) is 0 Å². The average Bonchev–Trinajstić information content (AvgIpc) is 2.69. The quantitative estimate of drug-likeness (QED) is 0.750. The first-order valence-corrected chi connectivity index (χ1v) is 9.53. The van der Waals surface area contributed by atoms with E-state index in [4.69, 9.17) is 14.2 Å². The van der Waals surface area contributed by atoms with Crippen molar-refractivity contribution < 1.29 is 14.2 Å². The van der Waals surface area contributed by atoms with Gasteiger partial charge in [0.1, 0.15) is 0 Å². The van der Waals surface area contributed by atoms with Gasteiger partial charge in [-0.1, -0.05) is 19.3 Å². The number of benzene rings is 1. The number of halogens is 2. The van der Waals surface area contributed by atoms with Crippen molar-refractivity contribution in [3.8, 4) is 17.2 Å². The Hall–Kier alpha value is -0.880. The SMILES string of the molecule is COc1ccc([C@@H](C2CCCCC2)N2CCNCC2)c(OC)c1OC.Cl.Cl. The number of methoxy groups -OCH3 is 3. The van der Waals surface area contributed by atoms with Crippen molar-refractivity contribution in [2.45, 2.75) is 38.1 Å². The Balaban J connectivity index is 0.00000182. The van der Waals surface area contributed by atoms with Crippen LogP contribution < -0.4 is 19.5 Å². The second-order valence-electron chi connectivity index (χ2n) is 7.05. The Kier molecular flexibility index (Phi) is 10.6. The van der Waals surface area contributed by atoms with Crippen molar-refractivity contribution in [3.05, 3.63) is 17.7 Å². The summed E-state index contributed by atoms with van der Waals surface area (Å²) in [5.74, 6) is 2.94. The van der Waals surface area contributed by atoms with Gasteiger partial charge in [-0.3, -0.25) is 4.90 Å². The molecule has 1 atom stereocenters. The van der Waals surface area contributed by atoms with Crippen LogP contribution in [0.2, 0.25) is 0 Å². The molecule has 1 aliphatic heterocycles. The maximum atomic E-state index is 5.83. The van der Waals surface area contributed by atoms with Crippen LogP contribution in [0.1, 0.15) is 43.7 Å². The van der Waals surface area contributed by atoms with Gasteiger partial charge in [-0.2, -0.15) is 0 Å². The number of nitrogens with zero attached hydrogens (tertiary/aromatic N) is 1. The molecule has 1 aromatic rings. The summed E-state index contributed by atoms with van der Waals surface area (Å²) < 4.78 is 16.9. The molecule has 27 heavy (non-hydrogen) atoms. The first-order chi connectivity index (χ1) is 12.3. The lowest BCUT2D eigenvalue weighted by Gasteiger charge is -2.41. The minimum absolute atomic E-state index is 0. The highest BCUT2D eigenvalue weighted by molar-refractivity contribution is 5.85. The van der Waals surface area contributed by atoms with Gasteiger partial charge in [0.2, 0.25) is 5.75 Å². The maximum absolute atomic E-state index is 5.83. The molecule has 0 unspecified atom stereocenters. The number of ether oxygens (including phenoxy) is 3. The zero-order valence-corrected chi connectivity index (χ0v) is 18.3. The number of piperazine rings is 1. The van der Waals surface area contributed by atoms with Crippen LogP contribution in [-0.2, 0) is 0 Å². The van der Waals surface area contributed by atoms with Gasteiger partial charge < -0.3 is 19.5 Å². The summed E-state index contributed by atoms with van der Waals surface area (Å²) in [6.45, 7) is 4.27. The summed E-state index contributed by atoms with van der Waals surface area (Å²) in [5, 5.41) is 3.48. The van der Waals surface area contributed by atoms with E-state index in [1.807, 2.05) is 6.07 Å². The van der Waals surface area contributed by atoms with Gasteiger partial charge in [-0.25, -0.2) is 0 Å². The number of nitrogens with one attached hydrogen (secondary N) is 1. The largest absolute Gasteiger partial charge is 0.493 e. The van der Waals surface area contributed by atoms with E-state index in [0.717, 1.165) is 37.7 Å². The molecular formula is C20H34Cl2N2O3. The highest BCUT2D eigenvalue weighted by Gasteiger charge is 2.34. The Morgan fingerprint density at radius 1 is 0.889 bits per heavy atom. The molecule has 1 aromatic carbocycles. The Bertz CT molecular complexity index is 544. The van der Waals surface area contributed by atoms with Crippen LogP contribution in [0.4, 0.5) is 0 Å². The lowest BCUT2D eigenvalue weighted by molar-refractivity contribution is 0.101. The first kappa shape index (κ1) is 24.2. The van der Waals surface area contributed by atoms with Gasteiger partial charge in [0, 0.05) is 37.8 Å². The monoisotopic (exact) mass is 420 g/mol. The highest BCUT2D eigenvalue weighted by atomic mass is 35.5. The van der Waals surface area contributed by atoms with Gasteiger partial charge in [0.05, 0.1) is 21.3 Å². The van der Waals surface area contributed by atoms with Crippen LogP contribution >= 0.6 is 24.8 Å². The fourth-order valence-corrected chi connectivity index (χ4v) is 4.52. The Morgan fingerprint density at radius 2 is 1.52 bits per heavy atom. The minimum atomic E-state index is 0. The van der Waals surface area contributed by atoms with E-state index < -0.39 is 0 Å². The van der Waals surface area contributed by atoms with Crippen molar-refractivity contribution in [1.29, 1.82) is 0 Å². The topological polar surface area (TPSA) is 43.0 Å². The zero-order chi connectivity index (χ0) is 17.6. The Labute approximate surface area is 175 Å². The second kappa shape index (κ2) is 11.8. The highest BCUT2D eigenvalue weighted by Crippen LogP contribution is 2.47. The van der Waals surface area contributed by atoms with Crippen molar-refractivity contribution >= 4 is 24.8 Å². The summed E-state index contributed by atoms with van der Waals surface area (Å²) >= 11 is 0. The molecule has 0 bridgehead atoms. The number of rotatable bonds is 6. The van der Waals surface area contributed by atoms with Crippen molar-refractivity contribution in [2.75, 3.05) is 47.5 Å². The lowest BCUT2D eigenvalue weighted by atomic mass is 9.79. The molecule has 1 N–H and O–H groups in total. The first-order valence-electron chi connectivity index (χ1n) is 9.53. The molecule has 0 spiro atoms. The molecule has 1 heterocycles. The predicted octanol–water partition coefficient (Wildman–Crippen LogP) is 4.08. The third kappa shape index (κ3) is 5.35. The fraction of sp³-hybridized carbons (Fsp3) is 0.700. The normalized spacial score (nSPS) is 19.4. The number of hydrogen-bond donors (Lipinski definition) is 1. The smallest absolute Gasteiger partial charge is 0.203 e. The van der Waals surface area contributed by atoms with Gasteiger partial charge in [-0.15, -0.1) is 24.8 Å². The zero-order valence-electron chi connectivity index (χ0n) is 16.7. The van der Waals surface area contributed by atoms with Crippen LogP contribution in [-0.4, -0.2) is 52.4 Å². The van der Waals surface area contributed by atoms with Crippen molar-refractivity contribution in [2.24, 2.45) is 5.92 Å². The third-order valence-corrected chi connectivity index (χ3v) is 5.69. The van der Waals surface area contributed by atoms with Crippen LogP contribution in [0.15, 0.2) is 12.1 Å². The molecular weight excluding hydrogens is 387 g/mol. The van der Waals surface area contributed by atoms with Crippen molar-refractivity contribution in [3.63, 3.8) is 0 Å². The summed E-state index contributed by atoms with van der Waals surface area (Å²) in [7, 11) is 5.09. The minimum Gasteiger partial charge on any atom is -0.493 e. The molecule has 0 aromatic heterocycles. The summed E-state index contributed by atoms with van der Waals surface area (Å²) in [4.78, 5) is 2.64. The maximum Gasteiger partial charge on any atom is 0.203 e. The van der Waals surface area contributed by atoms with Crippen LogP contribution in [0.5, 0.6) is 17.2 Å². The van der Waals surface area contributed by atoms with Crippen LogP contribution in [0, 0.1) is 5.92 Å². The van der Waals surface area contributed by atoms with E-state index in [0.29, 0.717) is 17.7 Å². The molecule has 2 fully saturated rings. The molecule has 1 aliphatic carbocycles. The molecule has 1 saturated heterocycles. The predicted molar refractivity (Wildman–Crippen MR) is 114 cm³/mol. The average molecular weight is 421 g/mol. The second-order valence-corrected chi connectivity index (χ2v) is 7.05. The molecule has 7 heteroatoms.